The van der Waals surface area contributed by atoms with E-state index in [0.717, 1.165) is 25.7 Å². The van der Waals surface area contributed by atoms with Crippen LogP contribution in [0.4, 0.5) is 0 Å². The average Bonchev–Trinajstić information content (AvgIpc) is 2.59. The van der Waals surface area contributed by atoms with Crippen molar-refractivity contribution in [1.82, 2.24) is 15.3 Å². The van der Waals surface area contributed by atoms with Crippen molar-refractivity contribution < 1.29 is 9.90 Å². The Balaban J connectivity index is 1.63. The van der Waals surface area contributed by atoms with Crippen LogP contribution in [0.25, 0.3) is 0 Å². The normalized spacial score (nSPS) is 20.5. The lowest BCUT2D eigenvalue weighted by molar-refractivity contribution is 0.0917. The van der Waals surface area contributed by atoms with Gasteiger partial charge in [-0.05, 0) is 37.2 Å². The highest BCUT2D eigenvalue weighted by Gasteiger charge is 2.25. The maximum Gasteiger partial charge on any atom is 0.326 e. The van der Waals surface area contributed by atoms with E-state index in [0.29, 0.717) is 5.92 Å². The van der Waals surface area contributed by atoms with Crippen LogP contribution in [0.5, 0.6) is 5.75 Å². The van der Waals surface area contributed by atoms with Crippen molar-refractivity contribution in [2.45, 2.75) is 37.6 Å². The molecule has 1 saturated carbocycles. The smallest absolute Gasteiger partial charge is 0.326 e. The molecule has 1 aromatic carbocycles. The van der Waals surface area contributed by atoms with Gasteiger partial charge >= 0.3 is 5.69 Å². The van der Waals surface area contributed by atoms with Crippen molar-refractivity contribution in [1.29, 1.82) is 0 Å². The molecule has 1 fully saturated rings. The van der Waals surface area contributed by atoms with Gasteiger partial charge in [0.2, 0.25) is 5.75 Å². The van der Waals surface area contributed by atoms with Crippen LogP contribution in [0, 0.1) is 0 Å². The van der Waals surface area contributed by atoms with Crippen LogP contribution in [-0.2, 0) is 0 Å². The van der Waals surface area contributed by atoms with Gasteiger partial charge in [-0.25, -0.2) is 4.79 Å². The predicted molar refractivity (Wildman–Crippen MR) is 88.3 cm³/mol. The first-order valence-corrected chi connectivity index (χ1v) is 7.96. The number of hydrogen-bond acceptors (Lipinski definition) is 4. The van der Waals surface area contributed by atoms with Crippen LogP contribution >= 0.6 is 0 Å². The third kappa shape index (κ3) is 3.40. The molecule has 0 unspecified atom stereocenters. The molecule has 1 heterocycles. The molecule has 24 heavy (non-hydrogen) atoms. The Morgan fingerprint density at radius 2 is 1.71 bits per heavy atom. The molecule has 1 aliphatic carbocycles. The zero-order chi connectivity index (χ0) is 17.1. The van der Waals surface area contributed by atoms with Crippen LogP contribution in [0.3, 0.4) is 0 Å². The van der Waals surface area contributed by atoms with Gasteiger partial charge in [0, 0.05) is 6.04 Å². The molecule has 7 nitrogen and oxygen atoms in total. The van der Waals surface area contributed by atoms with Gasteiger partial charge in [-0.3, -0.25) is 19.6 Å². The second-order valence-electron chi connectivity index (χ2n) is 6.06. The summed E-state index contributed by atoms with van der Waals surface area (Å²) in [5, 5.41) is 12.4. The van der Waals surface area contributed by atoms with E-state index in [-0.39, 0.29) is 6.04 Å². The quantitative estimate of drug-likeness (QED) is 0.678. The summed E-state index contributed by atoms with van der Waals surface area (Å²) in [4.78, 5) is 38.8. The number of rotatable bonds is 3. The summed E-state index contributed by atoms with van der Waals surface area (Å²) < 4.78 is 0. The third-order valence-corrected chi connectivity index (χ3v) is 4.48. The number of hydrogen-bond donors (Lipinski definition) is 4. The SMILES string of the molecule is O=C(NC1CCC(c2ccccc2)CC1)c1[nH]c(=O)[nH]c(=O)c1O. The molecular formula is C17H19N3O4. The number of aromatic hydroxyl groups is 1. The molecule has 0 atom stereocenters. The van der Waals surface area contributed by atoms with Crippen molar-refractivity contribution in [2.75, 3.05) is 0 Å². The largest absolute Gasteiger partial charge is 0.501 e. The number of carbonyl (C=O) groups excluding carboxylic acids is 1. The third-order valence-electron chi connectivity index (χ3n) is 4.48. The van der Waals surface area contributed by atoms with Crippen LogP contribution in [0.15, 0.2) is 39.9 Å². The first-order valence-electron chi connectivity index (χ1n) is 7.96. The first-order chi connectivity index (χ1) is 11.5. The summed E-state index contributed by atoms with van der Waals surface area (Å²) in [6.45, 7) is 0. The van der Waals surface area contributed by atoms with Crippen LogP contribution < -0.4 is 16.6 Å². The summed E-state index contributed by atoms with van der Waals surface area (Å²) >= 11 is 0. The Kier molecular flexibility index (Phi) is 4.50. The van der Waals surface area contributed by atoms with E-state index in [1.54, 1.807) is 0 Å². The highest BCUT2D eigenvalue weighted by atomic mass is 16.3. The number of carbonyl (C=O) groups is 1. The zero-order valence-electron chi connectivity index (χ0n) is 13.0. The van der Waals surface area contributed by atoms with Gasteiger partial charge in [0.25, 0.3) is 11.5 Å². The standard InChI is InChI=1S/C17H19N3O4/c21-14-13(19-17(24)20-16(14)23)15(22)18-12-8-6-11(7-9-12)10-4-2-1-3-5-10/h1-5,11-12,21H,6-9H2,(H,18,22)(H2,19,20,23,24). The van der Waals surface area contributed by atoms with Gasteiger partial charge in [-0.2, -0.15) is 0 Å². The molecule has 0 saturated heterocycles. The van der Waals surface area contributed by atoms with Crippen molar-refractivity contribution in [3.05, 3.63) is 62.4 Å². The van der Waals surface area contributed by atoms with Crippen LogP contribution in [0.2, 0.25) is 0 Å². The van der Waals surface area contributed by atoms with Crippen molar-refractivity contribution >= 4 is 5.91 Å². The van der Waals surface area contributed by atoms with Crippen LogP contribution in [0.1, 0.15) is 47.7 Å². The number of amides is 1. The monoisotopic (exact) mass is 329 g/mol. The van der Waals surface area contributed by atoms with E-state index >= 15 is 0 Å². The molecule has 3 rings (SSSR count). The van der Waals surface area contributed by atoms with Crippen molar-refractivity contribution in [2.24, 2.45) is 0 Å². The molecule has 4 N–H and O–H groups in total. The Labute approximate surface area is 137 Å². The van der Waals surface area contributed by atoms with E-state index in [4.69, 9.17) is 0 Å². The topological polar surface area (TPSA) is 115 Å². The number of nitrogens with one attached hydrogen (secondary N) is 3. The lowest BCUT2D eigenvalue weighted by Gasteiger charge is -2.29. The minimum atomic E-state index is -0.975. The summed E-state index contributed by atoms with van der Waals surface area (Å²) in [6, 6.07) is 10.2. The number of benzene rings is 1. The van der Waals surface area contributed by atoms with E-state index in [9.17, 15) is 19.5 Å². The Bertz CT molecular complexity index is 833. The summed E-state index contributed by atoms with van der Waals surface area (Å²) in [5.41, 5.74) is -0.889. The second-order valence-corrected chi connectivity index (χ2v) is 6.06. The summed E-state index contributed by atoms with van der Waals surface area (Å²) in [6.07, 6.45) is 3.51. The number of aromatic nitrogens is 2. The van der Waals surface area contributed by atoms with E-state index in [2.05, 4.69) is 22.4 Å². The number of H-pyrrole nitrogens is 2. The van der Waals surface area contributed by atoms with Gasteiger partial charge in [-0.15, -0.1) is 0 Å². The van der Waals surface area contributed by atoms with Crippen molar-refractivity contribution in [3.63, 3.8) is 0 Å². The van der Waals surface area contributed by atoms with Gasteiger partial charge in [-0.1, -0.05) is 30.3 Å². The molecule has 1 amide bonds. The lowest BCUT2D eigenvalue weighted by atomic mass is 9.82. The Morgan fingerprint density at radius 1 is 1.04 bits per heavy atom. The highest BCUT2D eigenvalue weighted by molar-refractivity contribution is 5.94. The fraction of sp³-hybridized carbons (Fsp3) is 0.353. The molecule has 1 aliphatic rings. The highest BCUT2D eigenvalue weighted by Crippen LogP contribution is 2.32. The van der Waals surface area contributed by atoms with E-state index in [1.165, 1.54) is 5.56 Å². The molecule has 0 radical (unpaired) electrons. The molecule has 0 aliphatic heterocycles. The first kappa shape index (κ1) is 16.0. The summed E-state index contributed by atoms with van der Waals surface area (Å²) in [7, 11) is 0. The fourth-order valence-electron chi connectivity index (χ4n) is 3.20. The lowest BCUT2D eigenvalue weighted by Crippen LogP contribution is -2.39. The minimum Gasteiger partial charge on any atom is -0.501 e. The number of aromatic amines is 2. The Hall–Kier alpha value is -2.83. The van der Waals surface area contributed by atoms with E-state index in [1.807, 2.05) is 23.2 Å². The molecule has 1 aromatic heterocycles. The predicted octanol–water partition coefficient (Wildman–Crippen LogP) is 1.22. The van der Waals surface area contributed by atoms with Crippen LogP contribution in [-0.4, -0.2) is 27.0 Å². The minimum absolute atomic E-state index is 0.0420. The van der Waals surface area contributed by atoms with Gasteiger partial charge in [0.05, 0.1) is 0 Å². The van der Waals surface area contributed by atoms with Gasteiger partial charge in [0.1, 0.15) is 0 Å². The van der Waals surface area contributed by atoms with Gasteiger partial charge < -0.3 is 10.4 Å². The molecular weight excluding hydrogens is 310 g/mol. The molecule has 0 bridgehead atoms. The zero-order valence-corrected chi connectivity index (χ0v) is 13.0. The summed E-state index contributed by atoms with van der Waals surface area (Å²) in [5.74, 6) is -0.934. The van der Waals surface area contributed by atoms with E-state index < -0.39 is 28.6 Å². The fourth-order valence-corrected chi connectivity index (χ4v) is 3.20. The average molecular weight is 329 g/mol. The molecule has 2 aromatic rings. The Morgan fingerprint density at radius 3 is 2.38 bits per heavy atom. The van der Waals surface area contributed by atoms with Crippen molar-refractivity contribution in [3.8, 4) is 5.75 Å². The molecule has 126 valence electrons. The molecule has 0 spiro atoms. The maximum absolute atomic E-state index is 12.2. The maximum atomic E-state index is 12.2. The second kappa shape index (κ2) is 6.74. The van der Waals surface area contributed by atoms with Gasteiger partial charge in [0.15, 0.2) is 5.69 Å². The molecule has 7 heteroatoms.